The minimum atomic E-state index is -0.0546. The maximum Gasteiger partial charge on any atom is 0.238 e. The second-order valence-corrected chi connectivity index (χ2v) is 5.23. The number of benzene rings is 1. The lowest BCUT2D eigenvalue weighted by molar-refractivity contribution is -0.115. The molecule has 116 valence electrons. The molecule has 21 heavy (non-hydrogen) atoms. The summed E-state index contributed by atoms with van der Waals surface area (Å²) in [5, 5.41) is 5.92. The van der Waals surface area contributed by atoms with E-state index in [2.05, 4.69) is 10.6 Å². The van der Waals surface area contributed by atoms with Crippen molar-refractivity contribution in [2.75, 3.05) is 32.1 Å². The first-order valence-corrected chi connectivity index (χ1v) is 7.54. The van der Waals surface area contributed by atoms with Crippen LogP contribution in [0.2, 0.25) is 0 Å². The van der Waals surface area contributed by atoms with Gasteiger partial charge in [-0.3, -0.25) is 4.79 Å². The zero-order valence-corrected chi connectivity index (χ0v) is 12.6. The van der Waals surface area contributed by atoms with Crippen molar-refractivity contribution in [3.8, 4) is 5.75 Å². The van der Waals surface area contributed by atoms with Crippen LogP contribution < -0.4 is 15.4 Å². The summed E-state index contributed by atoms with van der Waals surface area (Å²) >= 11 is 0. The Morgan fingerprint density at radius 2 is 1.95 bits per heavy atom. The number of anilines is 1. The normalized spacial score (nSPS) is 15.1. The molecule has 0 aliphatic heterocycles. The summed E-state index contributed by atoms with van der Waals surface area (Å²) in [4.78, 5) is 11.7. The summed E-state index contributed by atoms with van der Waals surface area (Å²) in [6.45, 7) is 1.66. The van der Waals surface area contributed by atoms with Gasteiger partial charge in [0, 0.05) is 12.2 Å². The van der Waals surface area contributed by atoms with E-state index in [9.17, 15) is 4.79 Å². The zero-order valence-electron chi connectivity index (χ0n) is 12.6. The van der Waals surface area contributed by atoms with Gasteiger partial charge in [0.1, 0.15) is 5.75 Å². The Hall–Kier alpha value is -1.59. The molecule has 0 radical (unpaired) electrons. The highest BCUT2D eigenvalue weighted by Crippen LogP contribution is 2.20. The van der Waals surface area contributed by atoms with E-state index in [-0.39, 0.29) is 5.91 Å². The van der Waals surface area contributed by atoms with Crippen molar-refractivity contribution in [2.24, 2.45) is 0 Å². The molecule has 1 amide bonds. The van der Waals surface area contributed by atoms with Gasteiger partial charge >= 0.3 is 0 Å². The Morgan fingerprint density at radius 1 is 1.24 bits per heavy atom. The van der Waals surface area contributed by atoms with E-state index >= 15 is 0 Å². The molecule has 0 aromatic heterocycles. The fraction of sp³-hybridized carbons (Fsp3) is 0.562. The lowest BCUT2D eigenvalue weighted by Gasteiger charge is -2.11. The largest absolute Gasteiger partial charge is 0.497 e. The summed E-state index contributed by atoms with van der Waals surface area (Å²) in [6, 6.07) is 7.27. The molecule has 1 aliphatic rings. The fourth-order valence-corrected chi connectivity index (χ4v) is 2.43. The van der Waals surface area contributed by atoms with Crippen molar-refractivity contribution >= 4 is 11.6 Å². The summed E-state index contributed by atoms with van der Waals surface area (Å²) in [5.74, 6) is 0.719. The van der Waals surface area contributed by atoms with Crippen LogP contribution in [0, 0.1) is 0 Å². The molecule has 0 saturated heterocycles. The van der Waals surface area contributed by atoms with E-state index in [0.717, 1.165) is 11.4 Å². The van der Waals surface area contributed by atoms with Crippen molar-refractivity contribution < 1.29 is 14.3 Å². The Kier molecular flexibility index (Phi) is 6.50. The first-order valence-electron chi connectivity index (χ1n) is 7.54. The van der Waals surface area contributed by atoms with Gasteiger partial charge in [-0.1, -0.05) is 12.8 Å². The minimum absolute atomic E-state index is 0.0546. The second-order valence-electron chi connectivity index (χ2n) is 5.23. The third-order valence-electron chi connectivity index (χ3n) is 3.59. The summed E-state index contributed by atoms with van der Waals surface area (Å²) in [5.41, 5.74) is 0.768. The molecule has 2 rings (SSSR count). The predicted octanol–water partition coefficient (Wildman–Crippen LogP) is 2.18. The number of ether oxygens (including phenoxy) is 2. The Morgan fingerprint density at radius 3 is 2.62 bits per heavy atom. The molecule has 1 aromatic rings. The topological polar surface area (TPSA) is 59.6 Å². The van der Waals surface area contributed by atoms with E-state index in [1.54, 1.807) is 7.11 Å². The van der Waals surface area contributed by atoms with Crippen molar-refractivity contribution in [1.29, 1.82) is 0 Å². The van der Waals surface area contributed by atoms with Gasteiger partial charge in [-0.05, 0) is 37.1 Å². The van der Waals surface area contributed by atoms with Crippen LogP contribution in [0.15, 0.2) is 24.3 Å². The van der Waals surface area contributed by atoms with Crippen molar-refractivity contribution in [2.45, 2.75) is 31.8 Å². The molecular formula is C16H24N2O3. The standard InChI is InChI=1S/C16H24N2O3/c1-20-14-8-6-13(7-9-14)18-16(19)12-17-10-11-21-15-4-2-3-5-15/h6-9,15,17H,2-5,10-12H2,1H3,(H,18,19). The average Bonchev–Trinajstić information content (AvgIpc) is 3.01. The van der Waals surface area contributed by atoms with Gasteiger partial charge in [-0.25, -0.2) is 0 Å². The van der Waals surface area contributed by atoms with Gasteiger partial charge in [0.05, 0.1) is 26.4 Å². The maximum absolute atomic E-state index is 11.7. The Balaban J connectivity index is 1.56. The predicted molar refractivity (Wildman–Crippen MR) is 82.7 cm³/mol. The van der Waals surface area contributed by atoms with E-state index in [1.165, 1.54) is 25.7 Å². The number of methoxy groups -OCH3 is 1. The second kappa shape index (κ2) is 8.64. The van der Waals surface area contributed by atoms with Crippen LogP contribution in [0.4, 0.5) is 5.69 Å². The van der Waals surface area contributed by atoms with Crippen molar-refractivity contribution in [1.82, 2.24) is 5.32 Å². The molecule has 1 aromatic carbocycles. The van der Waals surface area contributed by atoms with Gasteiger partial charge in [-0.2, -0.15) is 0 Å². The SMILES string of the molecule is COc1ccc(NC(=O)CNCCOC2CCCC2)cc1. The Labute approximate surface area is 126 Å². The first-order chi connectivity index (χ1) is 10.3. The van der Waals surface area contributed by atoms with Crippen molar-refractivity contribution in [3.05, 3.63) is 24.3 Å². The molecule has 2 N–H and O–H groups in total. The van der Waals surface area contributed by atoms with E-state index < -0.39 is 0 Å². The Bertz CT molecular complexity index is 428. The summed E-state index contributed by atoms with van der Waals surface area (Å²) in [6.07, 6.45) is 5.35. The molecule has 0 bridgehead atoms. The monoisotopic (exact) mass is 292 g/mol. The molecule has 1 saturated carbocycles. The fourth-order valence-electron chi connectivity index (χ4n) is 2.43. The van der Waals surface area contributed by atoms with E-state index in [0.29, 0.717) is 25.8 Å². The van der Waals surface area contributed by atoms with Gasteiger partial charge in [0.2, 0.25) is 5.91 Å². The number of carbonyl (C=O) groups is 1. The molecular weight excluding hydrogens is 268 g/mol. The third-order valence-corrected chi connectivity index (χ3v) is 3.59. The number of rotatable bonds is 8. The number of hydrogen-bond donors (Lipinski definition) is 2. The van der Waals surface area contributed by atoms with Crippen LogP contribution in [-0.2, 0) is 9.53 Å². The zero-order chi connectivity index (χ0) is 14.9. The molecule has 1 fully saturated rings. The summed E-state index contributed by atoms with van der Waals surface area (Å²) in [7, 11) is 1.62. The molecule has 1 aliphatic carbocycles. The molecule has 0 unspecified atom stereocenters. The summed E-state index contributed by atoms with van der Waals surface area (Å²) < 4.78 is 10.8. The molecule has 0 spiro atoms. The molecule has 0 heterocycles. The number of amides is 1. The van der Waals surface area contributed by atoms with Crippen LogP contribution in [0.3, 0.4) is 0 Å². The average molecular weight is 292 g/mol. The lowest BCUT2D eigenvalue weighted by atomic mass is 10.3. The van der Waals surface area contributed by atoms with Crippen LogP contribution in [0.25, 0.3) is 0 Å². The maximum atomic E-state index is 11.7. The lowest BCUT2D eigenvalue weighted by Crippen LogP contribution is -2.31. The van der Waals surface area contributed by atoms with Crippen LogP contribution in [0.5, 0.6) is 5.75 Å². The van der Waals surface area contributed by atoms with Gasteiger partial charge in [0.15, 0.2) is 0 Å². The highest BCUT2D eigenvalue weighted by Gasteiger charge is 2.14. The number of carbonyl (C=O) groups excluding carboxylic acids is 1. The number of nitrogens with one attached hydrogen (secondary N) is 2. The third kappa shape index (κ3) is 5.73. The van der Waals surface area contributed by atoms with E-state index in [4.69, 9.17) is 9.47 Å². The first kappa shape index (κ1) is 15.8. The smallest absolute Gasteiger partial charge is 0.238 e. The highest BCUT2D eigenvalue weighted by molar-refractivity contribution is 5.92. The van der Waals surface area contributed by atoms with E-state index in [1.807, 2.05) is 24.3 Å². The van der Waals surface area contributed by atoms with Crippen LogP contribution >= 0.6 is 0 Å². The van der Waals surface area contributed by atoms with Gasteiger partial charge < -0.3 is 20.1 Å². The van der Waals surface area contributed by atoms with Gasteiger partial charge in [0.25, 0.3) is 0 Å². The minimum Gasteiger partial charge on any atom is -0.497 e. The molecule has 5 heteroatoms. The molecule has 5 nitrogen and oxygen atoms in total. The number of hydrogen-bond acceptors (Lipinski definition) is 4. The molecule has 0 atom stereocenters. The van der Waals surface area contributed by atoms with Crippen LogP contribution in [-0.4, -0.2) is 38.8 Å². The van der Waals surface area contributed by atoms with Crippen LogP contribution in [0.1, 0.15) is 25.7 Å². The van der Waals surface area contributed by atoms with Gasteiger partial charge in [-0.15, -0.1) is 0 Å². The highest BCUT2D eigenvalue weighted by atomic mass is 16.5. The van der Waals surface area contributed by atoms with Crippen molar-refractivity contribution in [3.63, 3.8) is 0 Å². The quantitative estimate of drug-likeness (QED) is 0.721.